The molecular weight excluding hydrogens is 214 g/mol. The van der Waals surface area contributed by atoms with Crippen LogP contribution in [-0.4, -0.2) is 30.5 Å². The molecule has 98 valence electrons. The van der Waals surface area contributed by atoms with Crippen LogP contribution >= 0.6 is 0 Å². The Kier molecular flexibility index (Phi) is 5.65. The molecule has 1 aromatic heterocycles. The first-order chi connectivity index (χ1) is 8.13. The average molecular weight is 239 g/mol. The molecule has 2 atom stereocenters. The zero-order chi connectivity index (χ0) is 12.8. The van der Waals surface area contributed by atoms with Crippen LogP contribution in [0, 0.1) is 12.8 Å². The summed E-state index contributed by atoms with van der Waals surface area (Å²) in [5, 5.41) is 7.90. The van der Waals surface area contributed by atoms with Crippen LogP contribution in [0.25, 0.3) is 0 Å². The molecule has 0 saturated heterocycles. The van der Waals surface area contributed by atoms with Crippen molar-refractivity contribution in [2.24, 2.45) is 5.92 Å². The largest absolute Gasteiger partial charge is 0.385 e. The third kappa shape index (κ3) is 3.54. The number of aryl methyl sites for hydroxylation is 2. The third-order valence-corrected chi connectivity index (χ3v) is 3.21. The van der Waals surface area contributed by atoms with Crippen molar-refractivity contribution in [1.29, 1.82) is 0 Å². The van der Waals surface area contributed by atoms with E-state index in [0.717, 1.165) is 25.3 Å². The lowest BCUT2D eigenvalue weighted by atomic mass is 9.95. The van der Waals surface area contributed by atoms with Gasteiger partial charge in [0, 0.05) is 20.3 Å². The molecule has 0 aliphatic carbocycles. The van der Waals surface area contributed by atoms with Gasteiger partial charge in [0.15, 0.2) is 0 Å². The SMILES string of the molecule is CCn1nc(C)cc1C(NC)C(C)CCOC. The molecule has 0 aliphatic rings. The lowest BCUT2D eigenvalue weighted by Gasteiger charge is -2.24. The van der Waals surface area contributed by atoms with Gasteiger partial charge < -0.3 is 10.1 Å². The quantitative estimate of drug-likeness (QED) is 0.792. The minimum Gasteiger partial charge on any atom is -0.385 e. The Balaban J connectivity index is 2.84. The lowest BCUT2D eigenvalue weighted by Crippen LogP contribution is -2.27. The Labute approximate surface area is 104 Å². The van der Waals surface area contributed by atoms with Gasteiger partial charge in [0.25, 0.3) is 0 Å². The first kappa shape index (κ1) is 14.2. The average Bonchev–Trinajstić information content (AvgIpc) is 2.68. The number of ether oxygens (including phenoxy) is 1. The summed E-state index contributed by atoms with van der Waals surface area (Å²) in [5.41, 5.74) is 2.36. The molecule has 4 nitrogen and oxygen atoms in total. The highest BCUT2D eigenvalue weighted by molar-refractivity contribution is 5.14. The minimum absolute atomic E-state index is 0.339. The fourth-order valence-corrected chi connectivity index (χ4v) is 2.26. The molecule has 1 aromatic rings. The number of hydrogen-bond donors (Lipinski definition) is 1. The first-order valence-corrected chi connectivity index (χ1v) is 6.34. The van der Waals surface area contributed by atoms with Crippen LogP contribution in [-0.2, 0) is 11.3 Å². The maximum atomic E-state index is 5.15. The zero-order valence-electron chi connectivity index (χ0n) is 11.7. The van der Waals surface area contributed by atoms with Crippen molar-refractivity contribution < 1.29 is 4.74 Å². The predicted octanol–water partition coefficient (Wildman–Crippen LogP) is 2.14. The molecule has 2 unspecified atom stereocenters. The number of methoxy groups -OCH3 is 1. The van der Waals surface area contributed by atoms with Gasteiger partial charge in [-0.3, -0.25) is 4.68 Å². The molecule has 0 saturated carbocycles. The maximum Gasteiger partial charge on any atom is 0.0597 e. The Morgan fingerprint density at radius 3 is 2.76 bits per heavy atom. The highest BCUT2D eigenvalue weighted by atomic mass is 16.5. The third-order valence-electron chi connectivity index (χ3n) is 3.21. The van der Waals surface area contributed by atoms with Gasteiger partial charge in [-0.05, 0) is 39.3 Å². The van der Waals surface area contributed by atoms with Gasteiger partial charge in [-0.2, -0.15) is 5.10 Å². The summed E-state index contributed by atoms with van der Waals surface area (Å²) in [6.07, 6.45) is 1.05. The van der Waals surface area contributed by atoms with Gasteiger partial charge in [-0.25, -0.2) is 0 Å². The van der Waals surface area contributed by atoms with Gasteiger partial charge in [0.2, 0.25) is 0 Å². The van der Waals surface area contributed by atoms with Crippen molar-refractivity contribution in [2.45, 2.75) is 39.8 Å². The van der Waals surface area contributed by atoms with Gasteiger partial charge in [0.1, 0.15) is 0 Å². The van der Waals surface area contributed by atoms with E-state index in [9.17, 15) is 0 Å². The standard InChI is InChI=1S/C13H25N3O/c1-6-16-12(9-11(3)15-16)13(14-4)10(2)7-8-17-5/h9-10,13-14H,6-8H2,1-5H3. The second kappa shape index (κ2) is 6.77. The van der Waals surface area contributed by atoms with E-state index in [4.69, 9.17) is 4.74 Å². The zero-order valence-corrected chi connectivity index (χ0v) is 11.7. The highest BCUT2D eigenvalue weighted by Crippen LogP contribution is 2.24. The smallest absolute Gasteiger partial charge is 0.0597 e. The lowest BCUT2D eigenvalue weighted by molar-refractivity contribution is 0.170. The first-order valence-electron chi connectivity index (χ1n) is 6.34. The number of nitrogens with one attached hydrogen (secondary N) is 1. The molecular formula is C13H25N3O. The van der Waals surface area contributed by atoms with Crippen LogP contribution in [0.4, 0.5) is 0 Å². The van der Waals surface area contributed by atoms with E-state index >= 15 is 0 Å². The molecule has 1 rings (SSSR count). The van der Waals surface area contributed by atoms with Crippen LogP contribution in [0.2, 0.25) is 0 Å². The fourth-order valence-electron chi connectivity index (χ4n) is 2.26. The van der Waals surface area contributed by atoms with Gasteiger partial charge in [-0.15, -0.1) is 0 Å². The molecule has 0 aliphatic heterocycles. The number of hydrogen-bond acceptors (Lipinski definition) is 3. The molecule has 0 amide bonds. The molecule has 0 bridgehead atoms. The number of rotatable bonds is 7. The summed E-state index contributed by atoms with van der Waals surface area (Å²) in [6.45, 7) is 8.14. The highest BCUT2D eigenvalue weighted by Gasteiger charge is 2.21. The van der Waals surface area contributed by atoms with Gasteiger partial charge in [0.05, 0.1) is 17.4 Å². The molecule has 4 heteroatoms. The van der Waals surface area contributed by atoms with Crippen LogP contribution < -0.4 is 5.32 Å². The van der Waals surface area contributed by atoms with E-state index in [0.29, 0.717) is 12.0 Å². The summed E-state index contributed by atoms with van der Waals surface area (Å²) in [5.74, 6) is 0.529. The summed E-state index contributed by atoms with van der Waals surface area (Å²) < 4.78 is 7.24. The van der Waals surface area contributed by atoms with Crippen LogP contribution in [0.5, 0.6) is 0 Å². The van der Waals surface area contributed by atoms with Gasteiger partial charge in [-0.1, -0.05) is 6.92 Å². The topological polar surface area (TPSA) is 39.1 Å². The van der Waals surface area contributed by atoms with Crippen LogP contribution in [0.3, 0.4) is 0 Å². The van der Waals surface area contributed by atoms with Crippen molar-refractivity contribution in [3.8, 4) is 0 Å². The Hall–Kier alpha value is -0.870. The molecule has 0 radical (unpaired) electrons. The normalized spacial score (nSPS) is 14.9. The second-order valence-corrected chi connectivity index (χ2v) is 4.55. The maximum absolute atomic E-state index is 5.15. The summed E-state index contributed by atoms with van der Waals surface area (Å²) >= 11 is 0. The van der Waals surface area contributed by atoms with Gasteiger partial charge >= 0.3 is 0 Å². The summed E-state index contributed by atoms with van der Waals surface area (Å²) in [4.78, 5) is 0. The van der Waals surface area contributed by atoms with Crippen molar-refractivity contribution in [3.05, 3.63) is 17.5 Å². The Morgan fingerprint density at radius 1 is 1.53 bits per heavy atom. The summed E-state index contributed by atoms with van der Waals surface area (Å²) in [7, 11) is 3.76. The Morgan fingerprint density at radius 2 is 2.24 bits per heavy atom. The van der Waals surface area contributed by atoms with Crippen molar-refractivity contribution in [2.75, 3.05) is 20.8 Å². The molecule has 0 spiro atoms. The molecule has 1 heterocycles. The van der Waals surface area contributed by atoms with Crippen molar-refractivity contribution >= 4 is 0 Å². The van der Waals surface area contributed by atoms with E-state index in [1.165, 1.54) is 5.69 Å². The molecule has 0 fully saturated rings. The van der Waals surface area contributed by atoms with E-state index in [1.807, 2.05) is 14.0 Å². The Bertz CT molecular complexity index is 335. The van der Waals surface area contributed by atoms with Crippen LogP contribution in [0.15, 0.2) is 6.07 Å². The fraction of sp³-hybridized carbons (Fsp3) is 0.769. The monoisotopic (exact) mass is 239 g/mol. The van der Waals surface area contributed by atoms with E-state index in [-0.39, 0.29) is 0 Å². The number of nitrogens with zero attached hydrogens (tertiary/aromatic N) is 2. The summed E-state index contributed by atoms with van der Waals surface area (Å²) in [6, 6.07) is 2.51. The molecule has 1 N–H and O–H groups in total. The number of aromatic nitrogens is 2. The van der Waals surface area contributed by atoms with Crippen molar-refractivity contribution in [1.82, 2.24) is 15.1 Å². The second-order valence-electron chi connectivity index (χ2n) is 4.55. The van der Waals surface area contributed by atoms with Crippen LogP contribution in [0.1, 0.15) is 37.7 Å². The predicted molar refractivity (Wildman–Crippen MR) is 70.1 cm³/mol. The van der Waals surface area contributed by atoms with E-state index < -0.39 is 0 Å². The van der Waals surface area contributed by atoms with Crippen molar-refractivity contribution in [3.63, 3.8) is 0 Å². The molecule has 17 heavy (non-hydrogen) atoms. The van der Waals surface area contributed by atoms with E-state index in [2.05, 4.69) is 35.0 Å². The van der Waals surface area contributed by atoms with E-state index in [1.54, 1.807) is 7.11 Å². The molecule has 0 aromatic carbocycles. The minimum atomic E-state index is 0.339.